The second-order valence-corrected chi connectivity index (χ2v) is 7.26. The fourth-order valence-corrected chi connectivity index (χ4v) is 2.86. The predicted molar refractivity (Wildman–Crippen MR) is 76.7 cm³/mol. The third kappa shape index (κ3) is 4.72. The smallest absolute Gasteiger partial charge is 0.244 e. The van der Waals surface area contributed by atoms with Crippen LogP contribution >= 0.6 is 0 Å². The van der Waals surface area contributed by atoms with E-state index in [0.29, 0.717) is 24.6 Å². The van der Waals surface area contributed by atoms with Gasteiger partial charge in [0.05, 0.1) is 6.61 Å². The summed E-state index contributed by atoms with van der Waals surface area (Å²) in [7, 11) is -3.62. The minimum atomic E-state index is -3.62. The maximum absolute atomic E-state index is 12.3. The molecule has 19 heavy (non-hydrogen) atoms. The van der Waals surface area contributed by atoms with E-state index in [1.54, 1.807) is 19.1 Å². The summed E-state index contributed by atoms with van der Waals surface area (Å²) >= 11 is 0. The highest BCUT2D eigenvalue weighted by molar-refractivity contribution is 7.89. The lowest BCUT2D eigenvalue weighted by Crippen LogP contribution is -2.32. The van der Waals surface area contributed by atoms with E-state index >= 15 is 0 Å². The number of hydrogen-bond donors (Lipinski definition) is 2. The highest BCUT2D eigenvalue weighted by atomic mass is 32.2. The Morgan fingerprint density at radius 3 is 2.47 bits per heavy atom. The molecule has 0 aliphatic carbocycles. The molecule has 0 heterocycles. The molecule has 0 bridgehead atoms. The number of ether oxygens (including phenoxy) is 1. The molecule has 6 heteroatoms. The maximum Gasteiger partial charge on any atom is 0.244 e. The van der Waals surface area contributed by atoms with Crippen LogP contribution in [0.15, 0.2) is 23.1 Å². The van der Waals surface area contributed by atoms with E-state index in [1.807, 2.05) is 20.8 Å². The van der Waals surface area contributed by atoms with Crippen LogP contribution in [0.25, 0.3) is 0 Å². The van der Waals surface area contributed by atoms with E-state index in [1.165, 1.54) is 6.07 Å². The quantitative estimate of drug-likeness (QED) is 0.811. The number of nitrogen functional groups attached to an aromatic ring is 1. The number of nitrogens with two attached hydrogens (primary N) is 1. The van der Waals surface area contributed by atoms with Crippen LogP contribution in [0.1, 0.15) is 27.7 Å². The number of sulfonamides is 1. The summed E-state index contributed by atoms with van der Waals surface area (Å²) in [6, 6.07) is 4.61. The predicted octanol–water partition coefficient (Wildman–Crippen LogP) is 1.99. The first kappa shape index (κ1) is 15.8. The molecule has 5 nitrogen and oxygen atoms in total. The molecule has 0 spiro atoms. The minimum Gasteiger partial charge on any atom is -0.492 e. The first-order chi connectivity index (χ1) is 8.65. The van der Waals surface area contributed by atoms with Gasteiger partial charge in [0.2, 0.25) is 10.0 Å². The van der Waals surface area contributed by atoms with Gasteiger partial charge in [0, 0.05) is 12.2 Å². The third-order valence-corrected chi connectivity index (χ3v) is 3.77. The van der Waals surface area contributed by atoms with Gasteiger partial charge in [-0.3, -0.25) is 0 Å². The second-order valence-electron chi connectivity index (χ2n) is 5.52. The van der Waals surface area contributed by atoms with Crippen LogP contribution in [0.5, 0.6) is 5.75 Å². The molecule has 108 valence electrons. The maximum atomic E-state index is 12.3. The van der Waals surface area contributed by atoms with Crippen LogP contribution < -0.4 is 15.2 Å². The lowest BCUT2D eigenvalue weighted by Gasteiger charge is -2.19. The van der Waals surface area contributed by atoms with Gasteiger partial charge in [0.25, 0.3) is 0 Å². The van der Waals surface area contributed by atoms with Gasteiger partial charge < -0.3 is 10.5 Å². The molecule has 1 aromatic carbocycles. The second kappa shape index (κ2) is 5.79. The molecule has 0 fully saturated rings. The van der Waals surface area contributed by atoms with E-state index in [-0.39, 0.29) is 10.3 Å². The molecule has 1 rings (SSSR count). The fourth-order valence-electron chi connectivity index (χ4n) is 1.40. The summed E-state index contributed by atoms with van der Waals surface area (Å²) in [5.74, 6) is 0.318. The van der Waals surface area contributed by atoms with Crippen molar-refractivity contribution in [2.45, 2.75) is 32.6 Å². The Balaban J connectivity index is 3.09. The van der Waals surface area contributed by atoms with Crippen molar-refractivity contribution in [3.05, 3.63) is 18.2 Å². The Kier molecular flexibility index (Phi) is 4.81. The van der Waals surface area contributed by atoms with Crippen LogP contribution in [0, 0.1) is 5.41 Å². The Hall–Kier alpha value is -1.27. The molecule has 1 aromatic rings. The zero-order valence-corrected chi connectivity index (χ0v) is 12.7. The van der Waals surface area contributed by atoms with Gasteiger partial charge in [-0.05, 0) is 30.5 Å². The topological polar surface area (TPSA) is 81.4 Å². The number of benzene rings is 1. The van der Waals surface area contributed by atoms with Gasteiger partial charge in [-0.25, -0.2) is 13.1 Å². The van der Waals surface area contributed by atoms with Gasteiger partial charge in [-0.15, -0.1) is 0 Å². The van der Waals surface area contributed by atoms with Crippen LogP contribution in [-0.2, 0) is 10.0 Å². The molecule has 0 atom stereocenters. The van der Waals surface area contributed by atoms with Crippen molar-refractivity contribution in [2.75, 3.05) is 18.9 Å². The van der Waals surface area contributed by atoms with Crippen molar-refractivity contribution >= 4 is 15.7 Å². The van der Waals surface area contributed by atoms with Gasteiger partial charge in [-0.2, -0.15) is 0 Å². The van der Waals surface area contributed by atoms with Crippen molar-refractivity contribution in [1.82, 2.24) is 4.72 Å². The SMILES string of the molecule is CCOc1ccc(N)cc1S(=O)(=O)NCC(C)(C)C. The first-order valence-electron chi connectivity index (χ1n) is 6.18. The van der Waals surface area contributed by atoms with Crippen LogP contribution in [0.2, 0.25) is 0 Å². The standard InChI is InChI=1S/C13H22N2O3S/c1-5-18-11-7-6-10(14)8-12(11)19(16,17)15-9-13(2,3)4/h6-8,15H,5,9,14H2,1-4H3. The molecule has 0 aliphatic rings. The van der Waals surface area contributed by atoms with Gasteiger partial charge in [0.1, 0.15) is 10.6 Å². The summed E-state index contributed by atoms with van der Waals surface area (Å²) in [6.07, 6.45) is 0. The van der Waals surface area contributed by atoms with E-state index in [2.05, 4.69) is 4.72 Å². The molecule has 0 aromatic heterocycles. The molecule has 3 N–H and O–H groups in total. The van der Waals surface area contributed by atoms with Gasteiger partial charge in [0.15, 0.2) is 0 Å². The van der Waals surface area contributed by atoms with Crippen LogP contribution in [0.4, 0.5) is 5.69 Å². The Morgan fingerprint density at radius 2 is 1.95 bits per heavy atom. The molecular formula is C13H22N2O3S. The molecule has 0 saturated heterocycles. The molecule has 0 unspecified atom stereocenters. The van der Waals surface area contributed by atoms with Crippen molar-refractivity contribution in [3.63, 3.8) is 0 Å². The minimum absolute atomic E-state index is 0.0820. The zero-order chi connectivity index (χ0) is 14.7. The van der Waals surface area contributed by atoms with Gasteiger partial charge >= 0.3 is 0 Å². The summed E-state index contributed by atoms with van der Waals surface area (Å²) in [5.41, 5.74) is 5.90. The Labute approximate surface area is 115 Å². The summed E-state index contributed by atoms with van der Waals surface area (Å²) in [6.45, 7) is 8.41. The third-order valence-electron chi connectivity index (χ3n) is 2.35. The molecule has 0 saturated carbocycles. The Bertz CT molecular complexity index is 533. The summed E-state index contributed by atoms with van der Waals surface area (Å²) in [4.78, 5) is 0.0820. The highest BCUT2D eigenvalue weighted by Gasteiger charge is 2.22. The number of nitrogens with one attached hydrogen (secondary N) is 1. The van der Waals surface area contributed by atoms with E-state index < -0.39 is 10.0 Å². The van der Waals surface area contributed by atoms with E-state index in [0.717, 1.165) is 0 Å². The lowest BCUT2D eigenvalue weighted by atomic mass is 9.98. The van der Waals surface area contributed by atoms with Crippen LogP contribution in [-0.4, -0.2) is 21.6 Å². The zero-order valence-electron chi connectivity index (χ0n) is 11.9. The molecular weight excluding hydrogens is 264 g/mol. The number of rotatable bonds is 5. The number of anilines is 1. The molecule has 0 radical (unpaired) electrons. The van der Waals surface area contributed by atoms with Gasteiger partial charge in [-0.1, -0.05) is 20.8 Å². The first-order valence-corrected chi connectivity index (χ1v) is 7.66. The normalized spacial score (nSPS) is 12.4. The molecule has 0 aliphatic heterocycles. The van der Waals surface area contributed by atoms with Crippen molar-refractivity contribution in [3.8, 4) is 5.75 Å². The highest BCUT2D eigenvalue weighted by Crippen LogP contribution is 2.26. The van der Waals surface area contributed by atoms with Crippen molar-refractivity contribution < 1.29 is 13.2 Å². The average molecular weight is 286 g/mol. The number of hydrogen-bond acceptors (Lipinski definition) is 4. The van der Waals surface area contributed by atoms with Crippen molar-refractivity contribution in [2.24, 2.45) is 5.41 Å². The monoisotopic (exact) mass is 286 g/mol. The molecule has 0 amide bonds. The Morgan fingerprint density at radius 1 is 1.32 bits per heavy atom. The largest absolute Gasteiger partial charge is 0.492 e. The van der Waals surface area contributed by atoms with E-state index in [9.17, 15) is 8.42 Å². The average Bonchev–Trinajstić information content (AvgIpc) is 2.28. The van der Waals surface area contributed by atoms with E-state index in [4.69, 9.17) is 10.5 Å². The fraction of sp³-hybridized carbons (Fsp3) is 0.538. The van der Waals surface area contributed by atoms with Crippen LogP contribution in [0.3, 0.4) is 0 Å². The summed E-state index contributed by atoms with van der Waals surface area (Å²) in [5, 5.41) is 0. The van der Waals surface area contributed by atoms with Crippen molar-refractivity contribution in [1.29, 1.82) is 0 Å². The lowest BCUT2D eigenvalue weighted by molar-refractivity contribution is 0.330. The summed E-state index contributed by atoms with van der Waals surface area (Å²) < 4.78 is 32.5.